The van der Waals surface area contributed by atoms with Gasteiger partial charge < -0.3 is 10.8 Å². The van der Waals surface area contributed by atoms with Crippen molar-refractivity contribution in [2.24, 2.45) is 5.73 Å². The maximum absolute atomic E-state index is 10.5. The van der Waals surface area contributed by atoms with Gasteiger partial charge in [-0.25, -0.2) is 0 Å². The lowest BCUT2D eigenvalue weighted by atomic mass is 10.1. The molecular weight excluding hydrogens is 196 g/mol. The number of non-ortho nitro benzene ring substituents is 1. The minimum atomic E-state index is -0.477. The van der Waals surface area contributed by atoms with Gasteiger partial charge in [0.2, 0.25) is 0 Å². The summed E-state index contributed by atoms with van der Waals surface area (Å²) in [4.78, 5) is 10.0. The number of phenols is 1. The smallest absolute Gasteiger partial charge is 0.269 e. The Morgan fingerprint density at radius 2 is 2.27 bits per heavy atom. The molecule has 0 aliphatic heterocycles. The number of nitrogens with zero attached hydrogens (tertiary/aromatic N) is 1. The maximum atomic E-state index is 10.5. The van der Waals surface area contributed by atoms with Gasteiger partial charge in [0.25, 0.3) is 5.69 Å². The van der Waals surface area contributed by atoms with E-state index < -0.39 is 4.92 Å². The van der Waals surface area contributed by atoms with E-state index >= 15 is 0 Å². The van der Waals surface area contributed by atoms with Crippen LogP contribution in [0.1, 0.15) is 18.9 Å². The molecule has 15 heavy (non-hydrogen) atoms. The van der Waals surface area contributed by atoms with E-state index in [1.54, 1.807) is 0 Å². The summed E-state index contributed by atoms with van der Waals surface area (Å²) in [6.07, 6.45) is 1.24. The predicted octanol–water partition coefficient (Wildman–Crippen LogP) is 1.58. The summed E-state index contributed by atoms with van der Waals surface area (Å²) in [6, 6.07) is 4.03. The molecule has 5 heteroatoms. The number of hydrogen-bond acceptors (Lipinski definition) is 4. The van der Waals surface area contributed by atoms with Crippen LogP contribution < -0.4 is 5.73 Å². The van der Waals surface area contributed by atoms with Crippen molar-refractivity contribution in [3.63, 3.8) is 0 Å². The first-order valence-corrected chi connectivity index (χ1v) is 4.72. The molecule has 1 aromatic rings. The van der Waals surface area contributed by atoms with Crippen molar-refractivity contribution in [2.75, 3.05) is 0 Å². The van der Waals surface area contributed by atoms with Gasteiger partial charge >= 0.3 is 0 Å². The van der Waals surface area contributed by atoms with Crippen molar-refractivity contribution >= 4 is 5.69 Å². The molecule has 0 aromatic heterocycles. The van der Waals surface area contributed by atoms with E-state index in [1.165, 1.54) is 18.2 Å². The van der Waals surface area contributed by atoms with Gasteiger partial charge in [-0.2, -0.15) is 0 Å². The summed E-state index contributed by atoms with van der Waals surface area (Å²) >= 11 is 0. The largest absolute Gasteiger partial charge is 0.508 e. The van der Waals surface area contributed by atoms with Gasteiger partial charge in [-0.15, -0.1) is 0 Å². The lowest BCUT2D eigenvalue weighted by Crippen LogP contribution is -2.15. The Kier molecular flexibility index (Phi) is 3.62. The maximum Gasteiger partial charge on any atom is 0.269 e. The summed E-state index contributed by atoms with van der Waals surface area (Å²) in [7, 11) is 0. The third kappa shape index (κ3) is 3.21. The van der Waals surface area contributed by atoms with Crippen LogP contribution in [-0.4, -0.2) is 16.1 Å². The molecule has 0 saturated carbocycles. The number of nitrogens with two attached hydrogens (primary N) is 1. The summed E-state index contributed by atoms with van der Waals surface area (Å²) in [5.41, 5.74) is 6.14. The lowest BCUT2D eigenvalue weighted by Gasteiger charge is -2.06. The van der Waals surface area contributed by atoms with Gasteiger partial charge in [-0.1, -0.05) is 0 Å². The van der Waals surface area contributed by atoms with Gasteiger partial charge in [0.05, 0.1) is 4.92 Å². The van der Waals surface area contributed by atoms with E-state index in [0.717, 1.165) is 0 Å². The second-order valence-corrected chi connectivity index (χ2v) is 3.59. The van der Waals surface area contributed by atoms with Crippen molar-refractivity contribution in [3.05, 3.63) is 33.9 Å². The van der Waals surface area contributed by atoms with Gasteiger partial charge in [-0.05, 0) is 25.8 Å². The number of nitro benzene ring substituents is 1. The Labute approximate surface area is 87.7 Å². The molecule has 0 aliphatic carbocycles. The number of phenolic OH excluding ortho intramolecular Hbond substituents is 1. The topological polar surface area (TPSA) is 89.4 Å². The molecule has 0 radical (unpaired) electrons. The highest BCUT2D eigenvalue weighted by atomic mass is 16.6. The number of rotatable bonds is 4. The Balaban J connectivity index is 2.85. The van der Waals surface area contributed by atoms with Crippen LogP contribution in [0.2, 0.25) is 0 Å². The van der Waals surface area contributed by atoms with Gasteiger partial charge in [0.1, 0.15) is 5.75 Å². The summed E-state index contributed by atoms with van der Waals surface area (Å²) in [6.45, 7) is 1.86. The normalized spacial score (nSPS) is 12.4. The van der Waals surface area contributed by atoms with Crippen LogP contribution in [-0.2, 0) is 6.42 Å². The molecule has 0 bridgehead atoms. The first-order chi connectivity index (χ1) is 7.00. The average molecular weight is 210 g/mol. The molecule has 82 valence electrons. The lowest BCUT2D eigenvalue weighted by molar-refractivity contribution is -0.384. The molecular formula is C10H14N2O3. The van der Waals surface area contributed by atoms with Crippen LogP contribution in [0.15, 0.2) is 18.2 Å². The highest BCUT2D eigenvalue weighted by Gasteiger charge is 2.10. The average Bonchev–Trinajstić information content (AvgIpc) is 2.16. The molecule has 1 aromatic carbocycles. The highest BCUT2D eigenvalue weighted by Crippen LogP contribution is 2.24. The fourth-order valence-corrected chi connectivity index (χ4v) is 1.27. The standard InChI is InChI=1S/C10H14N2O3/c1-7(11)2-3-8-6-9(12(14)15)4-5-10(8)13/h4-7,13H,2-3,11H2,1H3. The van der Waals surface area contributed by atoms with Crippen molar-refractivity contribution in [1.82, 2.24) is 0 Å². The van der Waals surface area contributed by atoms with Crippen LogP contribution in [0.25, 0.3) is 0 Å². The van der Waals surface area contributed by atoms with Crippen molar-refractivity contribution in [1.29, 1.82) is 0 Å². The molecule has 5 nitrogen and oxygen atoms in total. The molecule has 0 amide bonds. The molecule has 0 aliphatic rings. The molecule has 0 spiro atoms. The van der Waals surface area contributed by atoms with Crippen LogP contribution in [0, 0.1) is 10.1 Å². The van der Waals surface area contributed by atoms with Gasteiger partial charge in [0.15, 0.2) is 0 Å². The fraction of sp³-hybridized carbons (Fsp3) is 0.400. The number of benzene rings is 1. The van der Waals surface area contributed by atoms with Crippen LogP contribution in [0.4, 0.5) is 5.69 Å². The first kappa shape index (κ1) is 11.5. The van der Waals surface area contributed by atoms with Gasteiger partial charge in [0, 0.05) is 23.7 Å². The van der Waals surface area contributed by atoms with E-state index in [4.69, 9.17) is 5.73 Å². The van der Waals surface area contributed by atoms with E-state index in [1.807, 2.05) is 6.92 Å². The third-order valence-electron chi connectivity index (χ3n) is 2.14. The Bertz CT molecular complexity index is 364. The summed E-state index contributed by atoms with van der Waals surface area (Å²) < 4.78 is 0. The summed E-state index contributed by atoms with van der Waals surface area (Å²) in [5, 5.41) is 20.0. The van der Waals surface area contributed by atoms with Gasteiger partial charge in [-0.3, -0.25) is 10.1 Å². The number of hydrogen-bond donors (Lipinski definition) is 2. The van der Waals surface area contributed by atoms with E-state index in [0.29, 0.717) is 18.4 Å². The van der Waals surface area contributed by atoms with E-state index in [-0.39, 0.29) is 17.5 Å². The minimum Gasteiger partial charge on any atom is -0.508 e. The highest BCUT2D eigenvalue weighted by molar-refractivity contribution is 5.43. The molecule has 1 unspecified atom stereocenters. The minimum absolute atomic E-state index is 0.00697. The monoisotopic (exact) mass is 210 g/mol. The van der Waals surface area contributed by atoms with Crippen LogP contribution >= 0.6 is 0 Å². The van der Waals surface area contributed by atoms with Crippen LogP contribution in [0.3, 0.4) is 0 Å². The second-order valence-electron chi connectivity index (χ2n) is 3.59. The number of aryl methyl sites for hydroxylation is 1. The number of aromatic hydroxyl groups is 1. The Morgan fingerprint density at radius 1 is 1.60 bits per heavy atom. The van der Waals surface area contributed by atoms with Crippen LogP contribution in [0.5, 0.6) is 5.75 Å². The van der Waals surface area contributed by atoms with Crippen molar-refractivity contribution in [2.45, 2.75) is 25.8 Å². The predicted molar refractivity (Wildman–Crippen MR) is 56.7 cm³/mol. The van der Waals surface area contributed by atoms with Crippen molar-refractivity contribution in [3.8, 4) is 5.75 Å². The third-order valence-corrected chi connectivity index (χ3v) is 2.14. The zero-order chi connectivity index (χ0) is 11.4. The first-order valence-electron chi connectivity index (χ1n) is 4.72. The fourth-order valence-electron chi connectivity index (χ4n) is 1.27. The van der Waals surface area contributed by atoms with Crippen molar-refractivity contribution < 1.29 is 10.0 Å². The molecule has 0 fully saturated rings. The number of nitro groups is 1. The summed E-state index contributed by atoms with van der Waals surface area (Å²) in [5.74, 6) is 0.0845. The molecule has 1 rings (SSSR count). The zero-order valence-corrected chi connectivity index (χ0v) is 8.51. The molecule has 1 atom stereocenters. The zero-order valence-electron chi connectivity index (χ0n) is 8.51. The second kappa shape index (κ2) is 4.75. The quantitative estimate of drug-likeness (QED) is 0.583. The molecule has 0 saturated heterocycles. The molecule has 0 heterocycles. The molecule has 3 N–H and O–H groups in total. The van der Waals surface area contributed by atoms with E-state index in [9.17, 15) is 15.2 Å². The Hall–Kier alpha value is -1.62. The Morgan fingerprint density at radius 3 is 2.80 bits per heavy atom. The SMILES string of the molecule is CC(N)CCc1cc([N+](=O)[O-])ccc1O. The van der Waals surface area contributed by atoms with E-state index in [2.05, 4.69) is 0 Å².